The first-order chi connectivity index (χ1) is 41.0. The van der Waals surface area contributed by atoms with Crippen molar-refractivity contribution in [3.63, 3.8) is 0 Å². The third-order valence-corrected chi connectivity index (χ3v) is 16.5. The number of hydrogen-bond acceptors (Lipinski definition) is 6. The lowest BCUT2D eigenvalue weighted by molar-refractivity contribution is -0.167. The van der Waals surface area contributed by atoms with Crippen LogP contribution in [0.1, 0.15) is 393 Å². The van der Waals surface area contributed by atoms with E-state index < -0.39 is 6.10 Å². The number of carbonyl (C=O) groups excluding carboxylic acids is 3. The zero-order chi connectivity index (χ0) is 59.9. The Hall–Kier alpha value is -2.89. The van der Waals surface area contributed by atoms with Crippen LogP contribution in [0.2, 0.25) is 0 Å². The standard InChI is InChI=1S/C77H140O6/c1-4-7-10-13-16-18-20-22-24-26-28-30-32-34-35-36-37-38-39-40-41-43-44-46-48-50-52-54-56-58-61-64-67-70-76(79)82-73-74(72-81-75(78)69-66-63-60-15-12-9-6-3)83-77(80)71-68-65-62-59-57-55-53-51-49-47-45-42-33-31-29-27-25-23-21-19-17-14-11-8-5-2/h20-23,26-29,32,34,74H,4-19,24-25,30-31,33,35-73H2,1-3H3/b22-20-,23-21-,28-26-,29-27-,34-32-. The molecular weight excluding hydrogens is 1020 g/mol. The fourth-order valence-electron chi connectivity index (χ4n) is 11.0. The lowest BCUT2D eigenvalue weighted by Crippen LogP contribution is -2.30. The Balaban J connectivity index is 4.00. The molecule has 0 aromatic heterocycles. The van der Waals surface area contributed by atoms with Crippen molar-refractivity contribution in [2.45, 2.75) is 399 Å². The molecule has 0 N–H and O–H groups in total. The summed E-state index contributed by atoms with van der Waals surface area (Å²) in [5.41, 5.74) is 0. The zero-order valence-electron chi connectivity index (χ0n) is 55.7. The molecule has 1 unspecified atom stereocenters. The first-order valence-electron chi connectivity index (χ1n) is 36.8. The number of allylic oxidation sites excluding steroid dienone is 10. The summed E-state index contributed by atoms with van der Waals surface area (Å²) in [5.74, 6) is -0.854. The molecule has 0 saturated carbocycles. The van der Waals surface area contributed by atoms with Crippen LogP contribution in [0.3, 0.4) is 0 Å². The normalized spacial score (nSPS) is 12.4. The molecule has 0 amide bonds. The van der Waals surface area contributed by atoms with Crippen LogP contribution in [0.15, 0.2) is 60.8 Å². The van der Waals surface area contributed by atoms with Crippen LogP contribution >= 0.6 is 0 Å². The molecule has 6 nitrogen and oxygen atoms in total. The van der Waals surface area contributed by atoms with Gasteiger partial charge in [0.1, 0.15) is 13.2 Å². The van der Waals surface area contributed by atoms with Gasteiger partial charge in [0.15, 0.2) is 6.10 Å². The van der Waals surface area contributed by atoms with Gasteiger partial charge in [0.25, 0.3) is 0 Å². The van der Waals surface area contributed by atoms with Crippen LogP contribution in [-0.2, 0) is 28.6 Å². The Bertz CT molecular complexity index is 1470. The van der Waals surface area contributed by atoms with Crippen LogP contribution in [0.5, 0.6) is 0 Å². The van der Waals surface area contributed by atoms with Gasteiger partial charge in [-0.25, -0.2) is 0 Å². The molecule has 0 aliphatic heterocycles. The zero-order valence-corrected chi connectivity index (χ0v) is 55.7. The van der Waals surface area contributed by atoms with Gasteiger partial charge in [-0.05, 0) is 89.9 Å². The fourth-order valence-corrected chi connectivity index (χ4v) is 11.0. The molecule has 0 spiro atoms. The second kappa shape index (κ2) is 71.6. The third kappa shape index (κ3) is 69.8. The molecule has 0 aromatic rings. The van der Waals surface area contributed by atoms with Gasteiger partial charge >= 0.3 is 17.9 Å². The summed E-state index contributed by atoms with van der Waals surface area (Å²) in [6.45, 7) is 6.63. The second-order valence-corrected chi connectivity index (χ2v) is 24.9. The SMILES string of the molecule is CCCCCCC/C=C\C/C=C\C/C=C\CCCCCCCCCCCCCCCCCCCCC(=O)OCC(COC(=O)CCCCCCCCC)OC(=O)CCCCCCCCCCCCCCC/C=C\C/C=C\CCCCCCC. The maximum atomic E-state index is 12.9. The molecular formula is C77H140O6. The summed E-state index contributed by atoms with van der Waals surface area (Å²) < 4.78 is 16.9. The van der Waals surface area contributed by atoms with Crippen molar-refractivity contribution in [1.29, 1.82) is 0 Å². The predicted molar refractivity (Wildman–Crippen MR) is 362 cm³/mol. The quantitative estimate of drug-likeness (QED) is 0.0261. The van der Waals surface area contributed by atoms with E-state index in [4.69, 9.17) is 14.2 Å². The van der Waals surface area contributed by atoms with Crippen molar-refractivity contribution >= 4 is 17.9 Å². The fraction of sp³-hybridized carbons (Fsp3) is 0.831. The van der Waals surface area contributed by atoms with E-state index in [0.717, 1.165) is 77.0 Å². The highest BCUT2D eigenvalue weighted by atomic mass is 16.6. The summed E-state index contributed by atoms with van der Waals surface area (Å²) in [5, 5.41) is 0. The number of unbranched alkanes of at least 4 members (excludes halogenated alkanes) is 47. The Morgan fingerprint density at radius 2 is 0.434 bits per heavy atom. The Morgan fingerprint density at radius 1 is 0.241 bits per heavy atom. The van der Waals surface area contributed by atoms with Crippen molar-refractivity contribution in [2.75, 3.05) is 13.2 Å². The highest BCUT2D eigenvalue weighted by Gasteiger charge is 2.19. The monoisotopic (exact) mass is 1160 g/mol. The van der Waals surface area contributed by atoms with E-state index in [1.54, 1.807) is 0 Å². The molecule has 0 aromatic carbocycles. The van der Waals surface area contributed by atoms with E-state index in [2.05, 4.69) is 81.5 Å². The lowest BCUT2D eigenvalue weighted by atomic mass is 10.0. The average molecular weight is 1160 g/mol. The molecule has 0 rings (SSSR count). The molecule has 0 aliphatic rings. The smallest absolute Gasteiger partial charge is 0.306 e. The number of hydrogen-bond donors (Lipinski definition) is 0. The Labute approximate surface area is 517 Å². The van der Waals surface area contributed by atoms with E-state index in [9.17, 15) is 14.4 Å². The van der Waals surface area contributed by atoms with Gasteiger partial charge in [-0.3, -0.25) is 14.4 Å². The van der Waals surface area contributed by atoms with Gasteiger partial charge in [0, 0.05) is 19.3 Å². The molecule has 0 bridgehead atoms. The predicted octanol–water partition coefficient (Wildman–Crippen LogP) is 25.5. The van der Waals surface area contributed by atoms with Crippen LogP contribution in [-0.4, -0.2) is 37.2 Å². The van der Waals surface area contributed by atoms with Crippen molar-refractivity contribution < 1.29 is 28.6 Å². The van der Waals surface area contributed by atoms with Gasteiger partial charge in [-0.1, -0.05) is 345 Å². The van der Waals surface area contributed by atoms with Crippen molar-refractivity contribution in [3.05, 3.63) is 60.8 Å². The Morgan fingerprint density at radius 3 is 0.675 bits per heavy atom. The number of ether oxygens (including phenoxy) is 3. The first-order valence-corrected chi connectivity index (χ1v) is 36.8. The maximum absolute atomic E-state index is 12.9. The van der Waals surface area contributed by atoms with Crippen molar-refractivity contribution in [3.8, 4) is 0 Å². The number of carbonyl (C=O) groups is 3. The Kier molecular flexibility index (Phi) is 69.1. The second-order valence-electron chi connectivity index (χ2n) is 24.9. The topological polar surface area (TPSA) is 78.9 Å². The van der Waals surface area contributed by atoms with Crippen molar-refractivity contribution in [2.24, 2.45) is 0 Å². The average Bonchev–Trinajstić information content (AvgIpc) is 3.50. The summed E-state index contributed by atoms with van der Waals surface area (Å²) in [4.78, 5) is 38.2. The minimum atomic E-state index is -0.771. The first kappa shape index (κ1) is 80.1. The molecule has 0 fully saturated rings. The van der Waals surface area contributed by atoms with Gasteiger partial charge in [-0.2, -0.15) is 0 Å². The van der Waals surface area contributed by atoms with Crippen LogP contribution in [0.4, 0.5) is 0 Å². The largest absolute Gasteiger partial charge is 0.462 e. The van der Waals surface area contributed by atoms with Crippen LogP contribution in [0.25, 0.3) is 0 Å². The molecule has 0 radical (unpaired) electrons. The van der Waals surface area contributed by atoms with Gasteiger partial charge in [0.05, 0.1) is 0 Å². The molecule has 0 saturated heterocycles. The number of esters is 3. The van der Waals surface area contributed by atoms with E-state index in [1.165, 1.54) is 276 Å². The van der Waals surface area contributed by atoms with Gasteiger partial charge in [0.2, 0.25) is 0 Å². The van der Waals surface area contributed by atoms with Gasteiger partial charge < -0.3 is 14.2 Å². The molecule has 6 heteroatoms. The van der Waals surface area contributed by atoms with E-state index in [1.807, 2.05) is 0 Å². The van der Waals surface area contributed by atoms with Gasteiger partial charge in [-0.15, -0.1) is 0 Å². The van der Waals surface area contributed by atoms with Crippen LogP contribution < -0.4 is 0 Å². The van der Waals surface area contributed by atoms with E-state index in [0.29, 0.717) is 19.3 Å². The molecule has 1 atom stereocenters. The number of rotatable bonds is 68. The summed E-state index contributed by atoms with van der Waals surface area (Å²) in [6, 6.07) is 0. The molecule has 83 heavy (non-hydrogen) atoms. The summed E-state index contributed by atoms with van der Waals surface area (Å²) in [6.07, 6.45) is 92.9. The van der Waals surface area contributed by atoms with Crippen molar-refractivity contribution in [1.82, 2.24) is 0 Å². The molecule has 0 aliphatic carbocycles. The molecule has 0 heterocycles. The lowest BCUT2D eigenvalue weighted by Gasteiger charge is -2.18. The summed E-state index contributed by atoms with van der Waals surface area (Å²) >= 11 is 0. The third-order valence-electron chi connectivity index (χ3n) is 16.5. The van der Waals surface area contributed by atoms with E-state index >= 15 is 0 Å². The highest BCUT2D eigenvalue weighted by Crippen LogP contribution is 2.18. The maximum Gasteiger partial charge on any atom is 0.306 e. The summed E-state index contributed by atoms with van der Waals surface area (Å²) in [7, 11) is 0. The minimum absolute atomic E-state index is 0.0694. The highest BCUT2D eigenvalue weighted by molar-refractivity contribution is 5.71. The van der Waals surface area contributed by atoms with E-state index in [-0.39, 0.29) is 31.1 Å². The van der Waals surface area contributed by atoms with Crippen LogP contribution in [0, 0.1) is 0 Å². The minimum Gasteiger partial charge on any atom is -0.462 e. The molecule has 484 valence electrons.